The number of alkyl halides is 3. The molecule has 0 unspecified atom stereocenters. The molecular weight excluding hydrogens is 281 g/mol. The molecule has 1 aromatic carbocycles. The summed E-state index contributed by atoms with van der Waals surface area (Å²) in [5.74, 6) is -0.0227. The summed E-state index contributed by atoms with van der Waals surface area (Å²) in [7, 11) is 0. The summed E-state index contributed by atoms with van der Waals surface area (Å²) in [6, 6.07) is 7.72. The molecule has 1 amide bonds. The standard InChI is InChI=1S/C15H19F3N2O/c1-12-2-4-13(5-3-12)10-14(21)20-8-6-19(7-9-20)11-15(16,17)18/h2-5H,6-11H2,1H3. The van der Waals surface area contributed by atoms with Crippen molar-refractivity contribution in [2.45, 2.75) is 19.5 Å². The van der Waals surface area contributed by atoms with E-state index in [4.69, 9.17) is 0 Å². The molecule has 0 aliphatic carbocycles. The van der Waals surface area contributed by atoms with Crippen LogP contribution in [0.3, 0.4) is 0 Å². The Bertz CT molecular complexity index is 477. The van der Waals surface area contributed by atoms with Gasteiger partial charge >= 0.3 is 6.18 Å². The Kier molecular flexibility index (Phi) is 4.88. The number of rotatable bonds is 3. The van der Waals surface area contributed by atoms with Gasteiger partial charge in [-0.15, -0.1) is 0 Å². The summed E-state index contributed by atoms with van der Waals surface area (Å²) in [5.41, 5.74) is 2.07. The summed E-state index contributed by atoms with van der Waals surface area (Å²) in [4.78, 5) is 15.1. The smallest absolute Gasteiger partial charge is 0.340 e. The molecule has 0 N–H and O–H groups in total. The molecule has 1 fully saturated rings. The molecule has 0 bridgehead atoms. The topological polar surface area (TPSA) is 23.6 Å². The van der Waals surface area contributed by atoms with Crippen molar-refractivity contribution in [3.63, 3.8) is 0 Å². The second-order valence-corrected chi connectivity index (χ2v) is 5.43. The Balaban J connectivity index is 1.81. The van der Waals surface area contributed by atoms with E-state index >= 15 is 0 Å². The van der Waals surface area contributed by atoms with E-state index in [1.165, 1.54) is 4.90 Å². The van der Waals surface area contributed by atoms with Gasteiger partial charge in [0.2, 0.25) is 5.91 Å². The van der Waals surface area contributed by atoms with Gasteiger partial charge < -0.3 is 4.90 Å². The highest BCUT2D eigenvalue weighted by molar-refractivity contribution is 5.78. The fourth-order valence-electron chi connectivity index (χ4n) is 2.40. The minimum absolute atomic E-state index is 0.0227. The number of benzene rings is 1. The Morgan fingerprint density at radius 1 is 1.10 bits per heavy atom. The van der Waals surface area contributed by atoms with Crippen LogP contribution in [0.25, 0.3) is 0 Å². The fraction of sp³-hybridized carbons (Fsp3) is 0.533. The number of hydrogen-bond donors (Lipinski definition) is 0. The van der Waals surface area contributed by atoms with Crippen LogP contribution in [0.5, 0.6) is 0 Å². The van der Waals surface area contributed by atoms with Crippen molar-refractivity contribution in [2.75, 3.05) is 32.7 Å². The molecule has 1 saturated heterocycles. The van der Waals surface area contributed by atoms with Crippen LogP contribution in [0.4, 0.5) is 13.2 Å². The third kappa shape index (κ3) is 5.04. The van der Waals surface area contributed by atoms with Crippen molar-refractivity contribution in [3.8, 4) is 0 Å². The lowest BCUT2D eigenvalue weighted by Gasteiger charge is -2.35. The molecule has 0 atom stereocenters. The van der Waals surface area contributed by atoms with Gasteiger partial charge in [-0.1, -0.05) is 29.8 Å². The van der Waals surface area contributed by atoms with Crippen molar-refractivity contribution in [3.05, 3.63) is 35.4 Å². The van der Waals surface area contributed by atoms with Crippen LogP contribution in [0.2, 0.25) is 0 Å². The number of amides is 1. The highest BCUT2D eigenvalue weighted by Gasteiger charge is 2.32. The number of piperazine rings is 1. The van der Waals surface area contributed by atoms with Gasteiger partial charge in [-0.3, -0.25) is 9.69 Å². The van der Waals surface area contributed by atoms with Crippen molar-refractivity contribution in [1.29, 1.82) is 0 Å². The number of carbonyl (C=O) groups excluding carboxylic acids is 1. The summed E-state index contributed by atoms with van der Waals surface area (Å²) < 4.78 is 36.9. The van der Waals surface area contributed by atoms with Gasteiger partial charge in [0.25, 0.3) is 0 Å². The SMILES string of the molecule is Cc1ccc(CC(=O)N2CCN(CC(F)(F)F)CC2)cc1. The van der Waals surface area contributed by atoms with E-state index in [2.05, 4.69) is 0 Å². The zero-order chi connectivity index (χ0) is 15.5. The van der Waals surface area contributed by atoms with E-state index in [9.17, 15) is 18.0 Å². The summed E-state index contributed by atoms with van der Waals surface area (Å²) >= 11 is 0. The number of aryl methyl sites for hydroxylation is 1. The lowest BCUT2D eigenvalue weighted by atomic mass is 10.1. The third-order valence-corrected chi connectivity index (χ3v) is 3.60. The first kappa shape index (κ1) is 15.8. The Morgan fingerprint density at radius 2 is 1.67 bits per heavy atom. The van der Waals surface area contributed by atoms with Gasteiger partial charge in [0.1, 0.15) is 0 Å². The Morgan fingerprint density at radius 3 is 2.19 bits per heavy atom. The molecule has 0 aromatic heterocycles. The molecule has 0 spiro atoms. The van der Waals surface area contributed by atoms with Crippen LogP contribution in [0.15, 0.2) is 24.3 Å². The maximum absolute atomic E-state index is 12.3. The lowest BCUT2D eigenvalue weighted by molar-refractivity contribution is -0.151. The van der Waals surface area contributed by atoms with Gasteiger partial charge in [0.05, 0.1) is 13.0 Å². The minimum atomic E-state index is -4.17. The van der Waals surface area contributed by atoms with E-state index in [0.29, 0.717) is 19.5 Å². The average Bonchev–Trinajstić information content (AvgIpc) is 2.40. The molecule has 21 heavy (non-hydrogen) atoms. The number of carbonyl (C=O) groups is 1. The minimum Gasteiger partial charge on any atom is -0.340 e. The second kappa shape index (κ2) is 6.47. The van der Waals surface area contributed by atoms with Gasteiger partial charge in [-0.25, -0.2) is 0 Å². The predicted molar refractivity (Wildman–Crippen MR) is 74.0 cm³/mol. The highest BCUT2D eigenvalue weighted by Crippen LogP contribution is 2.17. The highest BCUT2D eigenvalue weighted by atomic mass is 19.4. The quantitative estimate of drug-likeness (QED) is 0.855. The second-order valence-electron chi connectivity index (χ2n) is 5.43. The summed E-state index contributed by atoms with van der Waals surface area (Å²) in [5, 5.41) is 0. The maximum atomic E-state index is 12.3. The molecule has 0 radical (unpaired) electrons. The fourth-order valence-corrected chi connectivity index (χ4v) is 2.40. The third-order valence-electron chi connectivity index (χ3n) is 3.60. The van der Waals surface area contributed by atoms with E-state index in [1.54, 1.807) is 4.90 Å². The normalized spacial score (nSPS) is 17.0. The van der Waals surface area contributed by atoms with E-state index < -0.39 is 12.7 Å². The van der Waals surface area contributed by atoms with Crippen molar-refractivity contribution in [2.24, 2.45) is 0 Å². The molecule has 0 saturated carbocycles. The molecule has 2 rings (SSSR count). The van der Waals surface area contributed by atoms with E-state index in [1.807, 2.05) is 31.2 Å². The lowest BCUT2D eigenvalue weighted by Crippen LogP contribution is -2.51. The van der Waals surface area contributed by atoms with E-state index in [0.717, 1.165) is 11.1 Å². The Hall–Kier alpha value is -1.56. The molecule has 6 heteroatoms. The first-order valence-corrected chi connectivity index (χ1v) is 6.96. The zero-order valence-corrected chi connectivity index (χ0v) is 12.0. The molecule has 1 aliphatic rings. The predicted octanol–water partition coefficient (Wildman–Crippen LogP) is 2.24. The van der Waals surface area contributed by atoms with Crippen molar-refractivity contribution >= 4 is 5.91 Å². The van der Waals surface area contributed by atoms with Crippen LogP contribution in [-0.2, 0) is 11.2 Å². The van der Waals surface area contributed by atoms with Crippen LogP contribution in [0, 0.1) is 6.92 Å². The van der Waals surface area contributed by atoms with Crippen LogP contribution < -0.4 is 0 Å². The molecule has 1 aliphatic heterocycles. The van der Waals surface area contributed by atoms with Crippen LogP contribution >= 0.6 is 0 Å². The molecule has 3 nitrogen and oxygen atoms in total. The van der Waals surface area contributed by atoms with Gasteiger partial charge in [0.15, 0.2) is 0 Å². The number of halogens is 3. The first-order valence-electron chi connectivity index (χ1n) is 6.96. The van der Waals surface area contributed by atoms with Crippen molar-refractivity contribution < 1.29 is 18.0 Å². The largest absolute Gasteiger partial charge is 0.401 e. The number of hydrogen-bond acceptors (Lipinski definition) is 2. The van der Waals surface area contributed by atoms with Gasteiger partial charge in [-0.2, -0.15) is 13.2 Å². The van der Waals surface area contributed by atoms with Gasteiger partial charge in [-0.05, 0) is 12.5 Å². The maximum Gasteiger partial charge on any atom is 0.401 e. The Labute approximate surface area is 122 Å². The van der Waals surface area contributed by atoms with Crippen molar-refractivity contribution in [1.82, 2.24) is 9.80 Å². The monoisotopic (exact) mass is 300 g/mol. The van der Waals surface area contributed by atoms with Crippen LogP contribution in [0.1, 0.15) is 11.1 Å². The average molecular weight is 300 g/mol. The summed E-state index contributed by atoms with van der Waals surface area (Å²) in [6.45, 7) is 2.36. The first-order chi connectivity index (χ1) is 9.83. The molecule has 1 aromatic rings. The van der Waals surface area contributed by atoms with Gasteiger partial charge in [0, 0.05) is 26.2 Å². The number of nitrogens with zero attached hydrogens (tertiary/aromatic N) is 2. The zero-order valence-electron chi connectivity index (χ0n) is 12.0. The molecular formula is C15H19F3N2O. The van der Waals surface area contributed by atoms with Crippen LogP contribution in [-0.4, -0.2) is 54.6 Å². The molecule has 116 valence electrons. The van der Waals surface area contributed by atoms with E-state index in [-0.39, 0.29) is 19.0 Å². The molecule has 1 heterocycles. The summed E-state index contributed by atoms with van der Waals surface area (Å²) in [6.07, 6.45) is -3.87.